The van der Waals surface area contributed by atoms with Gasteiger partial charge in [-0.3, -0.25) is 0 Å². The predicted octanol–water partition coefficient (Wildman–Crippen LogP) is 3.03. The second kappa shape index (κ2) is 5.70. The van der Waals surface area contributed by atoms with Crippen LogP contribution in [-0.4, -0.2) is 29.9 Å². The Balaban J connectivity index is 2.28. The molecule has 0 aromatic carbocycles. The zero-order valence-electron chi connectivity index (χ0n) is 13.7. The van der Waals surface area contributed by atoms with E-state index in [1.165, 1.54) is 24.0 Å². The predicted molar refractivity (Wildman–Crippen MR) is 82.8 cm³/mol. The highest BCUT2D eigenvalue weighted by Gasteiger charge is 2.52. The van der Waals surface area contributed by atoms with Gasteiger partial charge in [0, 0.05) is 12.2 Å². The molecule has 0 atom stereocenters. The van der Waals surface area contributed by atoms with Crippen molar-refractivity contribution in [3.05, 3.63) is 11.2 Å². The highest BCUT2D eigenvalue weighted by atomic mass is 16.7. The van der Waals surface area contributed by atoms with Gasteiger partial charge in [0.25, 0.3) is 0 Å². The Morgan fingerprint density at radius 3 is 2.30 bits per heavy atom. The molecular weight excluding hydrogens is 251 g/mol. The molecule has 0 saturated carbocycles. The maximum atomic E-state index is 6.22. The number of piperidine rings is 1. The Hall–Kier alpha value is -0.515. The number of hydrogen-bond donors (Lipinski definition) is 1. The molecule has 2 aliphatic rings. The fourth-order valence-electron chi connectivity index (χ4n) is 2.85. The summed E-state index contributed by atoms with van der Waals surface area (Å²) >= 11 is 0. The average molecular weight is 280 g/mol. The minimum absolute atomic E-state index is 0.251. The zero-order chi connectivity index (χ0) is 15.0. The van der Waals surface area contributed by atoms with Crippen molar-refractivity contribution in [1.29, 1.82) is 0 Å². The third-order valence-electron chi connectivity index (χ3n) is 4.84. The van der Waals surface area contributed by atoms with Crippen LogP contribution in [-0.2, 0) is 9.31 Å². The van der Waals surface area contributed by atoms with Crippen molar-refractivity contribution in [1.82, 2.24) is 5.01 Å². The first-order valence-electron chi connectivity index (χ1n) is 7.88. The summed E-state index contributed by atoms with van der Waals surface area (Å²) in [5.41, 5.74) is 1.90. The van der Waals surface area contributed by atoms with Crippen LogP contribution in [0.3, 0.4) is 0 Å². The van der Waals surface area contributed by atoms with E-state index in [1.807, 2.05) is 5.01 Å². The number of hydrazine groups is 1. The van der Waals surface area contributed by atoms with Crippen molar-refractivity contribution in [2.45, 2.75) is 77.9 Å². The molecule has 0 aliphatic carbocycles. The number of allylic oxidation sites excluding steroid dienone is 2. The number of nitrogens with two attached hydrogens (primary N) is 1. The van der Waals surface area contributed by atoms with E-state index in [4.69, 9.17) is 15.2 Å². The van der Waals surface area contributed by atoms with E-state index in [0.717, 1.165) is 25.8 Å². The molecule has 0 aromatic rings. The van der Waals surface area contributed by atoms with Crippen LogP contribution in [0.5, 0.6) is 0 Å². The molecule has 2 saturated heterocycles. The second-order valence-electron chi connectivity index (χ2n) is 6.96. The molecule has 2 N–H and O–H groups in total. The molecule has 2 fully saturated rings. The molecule has 20 heavy (non-hydrogen) atoms. The lowest BCUT2D eigenvalue weighted by molar-refractivity contribution is 0.00578. The van der Waals surface area contributed by atoms with E-state index < -0.39 is 0 Å². The topological polar surface area (TPSA) is 47.7 Å². The Bertz CT molecular complexity index is 377. The van der Waals surface area contributed by atoms with Crippen LogP contribution in [0.15, 0.2) is 11.2 Å². The molecule has 0 amide bonds. The monoisotopic (exact) mass is 280 g/mol. The minimum Gasteiger partial charge on any atom is -0.400 e. The fourth-order valence-corrected chi connectivity index (χ4v) is 2.85. The Morgan fingerprint density at radius 2 is 1.80 bits per heavy atom. The van der Waals surface area contributed by atoms with Crippen molar-refractivity contribution in [3.63, 3.8) is 0 Å². The van der Waals surface area contributed by atoms with Gasteiger partial charge in [-0.2, -0.15) is 0 Å². The lowest BCUT2D eigenvalue weighted by atomic mass is 9.73. The van der Waals surface area contributed by atoms with Crippen molar-refractivity contribution < 1.29 is 9.31 Å². The standard InChI is InChI=1S/C15H29BN2O2/c1-6-9-12(13-10-7-8-11-18(13)17)16-19-14(2,3)15(4,5)20-16/h6-11,17H2,1-5H3/b13-12+. The summed E-state index contributed by atoms with van der Waals surface area (Å²) in [5, 5.41) is 1.90. The minimum atomic E-state index is -0.286. The van der Waals surface area contributed by atoms with Crippen molar-refractivity contribution in [3.8, 4) is 0 Å². The van der Waals surface area contributed by atoms with Crippen molar-refractivity contribution in [2.75, 3.05) is 6.54 Å². The van der Waals surface area contributed by atoms with Crippen LogP contribution in [0.2, 0.25) is 0 Å². The molecule has 2 heterocycles. The molecule has 2 aliphatic heterocycles. The molecule has 5 heteroatoms. The van der Waals surface area contributed by atoms with Gasteiger partial charge in [0.15, 0.2) is 0 Å². The zero-order valence-corrected chi connectivity index (χ0v) is 13.7. The van der Waals surface area contributed by atoms with Crippen LogP contribution in [0, 0.1) is 0 Å². The molecular formula is C15H29BN2O2. The first-order chi connectivity index (χ1) is 9.28. The lowest BCUT2D eigenvalue weighted by Crippen LogP contribution is -2.41. The van der Waals surface area contributed by atoms with Crippen LogP contribution in [0.1, 0.15) is 66.7 Å². The van der Waals surface area contributed by atoms with Gasteiger partial charge in [0.05, 0.1) is 11.2 Å². The summed E-state index contributed by atoms with van der Waals surface area (Å²) in [4.78, 5) is 0. The van der Waals surface area contributed by atoms with Crippen LogP contribution < -0.4 is 5.84 Å². The maximum Gasteiger partial charge on any atom is 0.492 e. The molecule has 0 spiro atoms. The molecule has 2 rings (SSSR count). The third-order valence-corrected chi connectivity index (χ3v) is 4.84. The summed E-state index contributed by atoms with van der Waals surface area (Å²) in [7, 11) is -0.251. The van der Waals surface area contributed by atoms with E-state index in [2.05, 4.69) is 34.6 Å². The van der Waals surface area contributed by atoms with Crippen LogP contribution >= 0.6 is 0 Å². The highest BCUT2D eigenvalue weighted by molar-refractivity contribution is 6.54. The molecule has 0 unspecified atom stereocenters. The number of nitrogens with zero attached hydrogens (tertiary/aromatic N) is 1. The second-order valence-corrected chi connectivity index (χ2v) is 6.96. The van der Waals surface area contributed by atoms with Gasteiger partial charge in [-0.05, 0) is 58.9 Å². The van der Waals surface area contributed by atoms with Gasteiger partial charge in [-0.25, -0.2) is 5.84 Å². The molecule has 0 radical (unpaired) electrons. The van der Waals surface area contributed by atoms with E-state index in [1.54, 1.807) is 0 Å². The normalized spacial score (nSPS) is 27.9. The SMILES string of the molecule is CCC/C(B1OC(C)(C)C(C)(C)O1)=C1/CCCCN1N. The Morgan fingerprint density at radius 1 is 1.20 bits per heavy atom. The largest absolute Gasteiger partial charge is 0.492 e. The van der Waals surface area contributed by atoms with Gasteiger partial charge in [0.2, 0.25) is 0 Å². The van der Waals surface area contributed by atoms with Crippen molar-refractivity contribution in [2.24, 2.45) is 5.84 Å². The highest BCUT2D eigenvalue weighted by Crippen LogP contribution is 2.40. The molecule has 0 aromatic heterocycles. The van der Waals surface area contributed by atoms with Crippen molar-refractivity contribution >= 4 is 7.12 Å². The Labute approximate surface area is 123 Å². The van der Waals surface area contributed by atoms with Gasteiger partial charge in [-0.15, -0.1) is 0 Å². The van der Waals surface area contributed by atoms with Gasteiger partial charge < -0.3 is 14.3 Å². The molecule has 4 nitrogen and oxygen atoms in total. The summed E-state index contributed by atoms with van der Waals surface area (Å²) < 4.78 is 12.4. The Kier molecular flexibility index (Phi) is 4.52. The maximum absolute atomic E-state index is 6.22. The molecule has 114 valence electrons. The van der Waals surface area contributed by atoms with E-state index in [0.29, 0.717) is 0 Å². The quantitative estimate of drug-likeness (QED) is 0.637. The lowest BCUT2D eigenvalue weighted by Gasteiger charge is -2.32. The number of rotatable bonds is 3. The van der Waals surface area contributed by atoms with Crippen LogP contribution in [0.4, 0.5) is 0 Å². The van der Waals surface area contributed by atoms with Gasteiger partial charge in [0.1, 0.15) is 0 Å². The van der Waals surface area contributed by atoms with E-state index >= 15 is 0 Å². The van der Waals surface area contributed by atoms with Gasteiger partial charge in [-0.1, -0.05) is 13.3 Å². The van der Waals surface area contributed by atoms with E-state index in [-0.39, 0.29) is 18.3 Å². The summed E-state index contributed by atoms with van der Waals surface area (Å²) in [5.74, 6) is 6.18. The van der Waals surface area contributed by atoms with E-state index in [9.17, 15) is 0 Å². The fraction of sp³-hybridized carbons (Fsp3) is 0.867. The summed E-state index contributed by atoms with van der Waals surface area (Å²) in [6.45, 7) is 11.5. The number of hydrogen-bond acceptors (Lipinski definition) is 4. The summed E-state index contributed by atoms with van der Waals surface area (Å²) in [6.07, 6.45) is 5.48. The molecule has 0 bridgehead atoms. The average Bonchev–Trinajstić information content (AvgIpc) is 2.56. The first-order valence-corrected chi connectivity index (χ1v) is 7.88. The van der Waals surface area contributed by atoms with Crippen LogP contribution in [0.25, 0.3) is 0 Å². The third kappa shape index (κ3) is 2.90. The first kappa shape index (κ1) is 15.9. The smallest absolute Gasteiger partial charge is 0.400 e. The summed E-state index contributed by atoms with van der Waals surface area (Å²) in [6, 6.07) is 0. The van der Waals surface area contributed by atoms with Gasteiger partial charge >= 0.3 is 7.12 Å².